The molecular formula is C5H9FN2O. The van der Waals surface area contributed by atoms with Gasteiger partial charge in [0.25, 0.3) is 0 Å². The van der Waals surface area contributed by atoms with Gasteiger partial charge in [-0.1, -0.05) is 0 Å². The number of carbonyl (C=O) groups excluding carboxylic acids is 1. The molecule has 0 aromatic rings. The SMILES string of the molecule is O=C1CNC(CF)CN1. The predicted octanol–water partition coefficient (Wildman–Crippen LogP) is -0.956. The molecule has 1 aliphatic heterocycles. The van der Waals surface area contributed by atoms with Crippen molar-refractivity contribution >= 4 is 5.91 Å². The number of amides is 1. The van der Waals surface area contributed by atoms with Crippen molar-refractivity contribution in [1.82, 2.24) is 10.6 Å². The summed E-state index contributed by atoms with van der Waals surface area (Å²) in [6.45, 7) is 0.240. The van der Waals surface area contributed by atoms with Crippen molar-refractivity contribution in [3.05, 3.63) is 0 Å². The van der Waals surface area contributed by atoms with Crippen LogP contribution in [-0.4, -0.2) is 31.7 Å². The molecule has 3 nitrogen and oxygen atoms in total. The molecule has 1 saturated heterocycles. The van der Waals surface area contributed by atoms with E-state index in [0.29, 0.717) is 6.54 Å². The van der Waals surface area contributed by atoms with Gasteiger partial charge in [0.1, 0.15) is 6.67 Å². The monoisotopic (exact) mass is 132 g/mol. The van der Waals surface area contributed by atoms with Crippen LogP contribution in [0.4, 0.5) is 4.39 Å². The molecule has 2 N–H and O–H groups in total. The molecule has 1 atom stereocenters. The second kappa shape index (κ2) is 2.77. The maximum Gasteiger partial charge on any atom is 0.234 e. The van der Waals surface area contributed by atoms with Crippen molar-refractivity contribution in [1.29, 1.82) is 0 Å². The molecule has 1 amide bonds. The van der Waals surface area contributed by atoms with Gasteiger partial charge in [0.2, 0.25) is 5.91 Å². The smallest absolute Gasteiger partial charge is 0.234 e. The third kappa shape index (κ3) is 1.64. The van der Waals surface area contributed by atoms with Gasteiger partial charge in [-0.2, -0.15) is 0 Å². The Morgan fingerprint density at radius 2 is 2.56 bits per heavy atom. The van der Waals surface area contributed by atoms with Crippen LogP contribution in [-0.2, 0) is 4.79 Å². The molecule has 0 aliphatic carbocycles. The van der Waals surface area contributed by atoms with Crippen LogP contribution in [0.2, 0.25) is 0 Å². The van der Waals surface area contributed by atoms with Crippen LogP contribution in [0, 0.1) is 0 Å². The molecule has 9 heavy (non-hydrogen) atoms. The summed E-state index contributed by atoms with van der Waals surface area (Å²) in [7, 11) is 0. The molecule has 52 valence electrons. The minimum Gasteiger partial charge on any atom is -0.353 e. The Hall–Kier alpha value is -0.640. The lowest BCUT2D eigenvalue weighted by molar-refractivity contribution is -0.121. The maximum absolute atomic E-state index is 11.8. The van der Waals surface area contributed by atoms with Crippen LogP contribution in [0.1, 0.15) is 0 Å². The molecule has 0 saturated carbocycles. The lowest BCUT2D eigenvalue weighted by atomic mass is 10.2. The van der Waals surface area contributed by atoms with Gasteiger partial charge in [-0.05, 0) is 0 Å². The summed E-state index contributed by atoms with van der Waals surface area (Å²) in [6, 6.07) is -0.178. The topological polar surface area (TPSA) is 41.1 Å². The quantitative estimate of drug-likeness (QED) is 0.482. The van der Waals surface area contributed by atoms with Crippen LogP contribution in [0.25, 0.3) is 0 Å². The van der Waals surface area contributed by atoms with E-state index in [1.807, 2.05) is 0 Å². The van der Waals surface area contributed by atoms with Gasteiger partial charge in [-0.15, -0.1) is 0 Å². The van der Waals surface area contributed by atoms with Crippen LogP contribution < -0.4 is 10.6 Å². The van der Waals surface area contributed by atoms with Gasteiger partial charge in [0.15, 0.2) is 0 Å². The fourth-order valence-electron chi connectivity index (χ4n) is 0.718. The molecule has 0 aromatic carbocycles. The number of alkyl halides is 1. The number of hydrogen-bond acceptors (Lipinski definition) is 2. The average molecular weight is 132 g/mol. The normalized spacial score (nSPS) is 27.7. The zero-order chi connectivity index (χ0) is 6.69. The molecule has 0 aromatic heterocycles. The maximum atomic E-state index is 11.8. The molecule has 0 spiro atoms. The first-order valence-electron chi connectivity index (χ1n) is 2.89. The van der Waals surface area contributed by atoms with Crippen molar-refractivity contribution in [2.24, 2.45) is 0 Å². The minimum absolute atomic E-state index is 0.0558. The van der Waals surface area contributed by atoms with E-state index in [1.165, 1.54) is 0 Å². The van der Waals surface area contributed by atoms with Gasteiger partial charge in [0, 0.05) is 6.54 Å². The Labute approximate surface area is 52.6 Å². The number of hydrogen-bond donors (Lipinski definition) is 2. The van der Waals surface area contributed by atoms with Gasteiger partial charge in [-0.25, -0.2) is 4.39 Å². The van der Waals surface area contributed by atoms with Gasteiger partial charge >= 0.3 is 0 Å². The van der Waals surface area contributed by atoms with Gasteiger partial charge < -0.3 is 10.6 Å². The van der Waals surface area contributed by atoms with E-state index in [9.17, 15) is 9.18 Å². The third-order valence-electron chi connectivity index (χ3n) is 1.28. The zero-order valence-corrected chi connectivity index (χ0v) is 4.98. The van der Waals surface area contributed by atoms with Crippen molar-refractivity contribution in [2.45, 2.75) is 6.04 Å². The minimum atomic E-state index is -0.416. The molecule has 1 heterocycles. The summed E-state index contributed by atoms with van der Waals surface area (Å²) in [6.07, 6.45) is 0. The van der Waals surface area contributed by atoms with E-state index < -0.39 is 6.67 Å². The number of nitrogens with one attached hydrogen (secondary N) is 2. The lowest BCUT2D eigenvalue weighted by Crippen LogP contribution is -2.52. The third-order valence-corrected chi connectivity index (χ3v) is 1.28. The Bertz CT molecular complexity index is 108. The van der Waals surface area contributed by atoms with E-state index >= 15 is 0 Å². The van der Waals surface area contributed by atoms with E-state index in [0.717, 1.165) is 0 Å². The largest absolute Gasteiger partial charge is 0.353 e. The summed E-state index contributed by atoms with van der Waals surface area (Å²) < 4.78 is 11.8. The van der Waals surface area contributed by atoms with Gasteiger partial charge in [-0.3, -0.25) is 4.79 Å². The summed E-state index contributed by atoms with van der Waals surface area (Å²) >= 11 is 0. The van der Waals surface area contributed by atoms with Crippen LogP contribution >= 0.6 is 0 Å². The first kappa shape index (κ1) is 6.48. The molecule has 1 fully saturated rings. The predicted molar refractivity (Wildman–Crippen MR) is 30.8 cm³/mol. The Morgan fingerprint density at radius 1 is 1.78 bits per heavy atom. The molecule has 0 bridgehead atoms. The van der Waals surface area contributed by atoms with Crippen molar-refractivity contribution in [3.63, 3.8) is 0 Å². The molecule has 1 rings (SSSR count). The van der Waals surface area contributed by atoms with E-state index in [2.05, 4.69) is 10.6 Å². The Morgan fingerprint density at radius 3 is 3.00 bits per heavy atom. The highest BCUT2D eigenvalue weighted by Crippen LogP contribution is 1.87. The lowest BCUT2D eigenvalue weighted by Gasteiger charge is -2.20. The van der Waals surface area contributed by atoms with Crippen molar-refractivity contribution in [2.75, 3.05) is 19.8 Å². The second-order valence-electron chi connectivity index (χ2n) is 2.04. The highest BCUT2D eigenvalue weighted by molar-refractivity contribution is 5.78. The molecular weight excluding hydrogens is 123 g/mol. The second-order valence-corrected chi connectivity index (χ2v) is 2.04. The summed E-state index contributed by atoms with van der Waals surface area (Å²) in [5, 5.41) is 5.27. The zero-order valence-electron chi connectivity index (χ0n) is 4.98. The highest BCUT2D eigenvalue weighted by atomic mass is 19.1. The summed E-state index contributed by atoms with van der Waals surface area (Å²) in [5.41, 5.74) is 0. The number of carbonyl (C=O) groups is 1. The average Bonchev–Trinajstić information content (AvgIpc) is 1.90. The first-order chi connectivity index (χ1) is 4.33. The fraction of sp³-hybridized carbons (Fsp3) is 0.800. The molecule has 4 heteroatoms. The van der Waals surface area contributed by atoms with Gasteiger partial charge in [0.05, 0.1) is 12.6 Å². The van der Waals surface area contributed by atoms with Crippen LogP contribution in [0.3, 0.4) is 0 Å². The summed E-state index contributed by atoms with van der Waals surface area (Å²) in [5.74, 6) is -0.0558. The highest BCUT2D eigenvalue weighted by Gasteiger charge is 2.15. The van der Waals surface area contributed by atoms with Crippen LogP contribution in [0.5, 0.6) is 0 Å². The number of piperazine rings is 1. The van der Waals surface area contributed by atoms with E-state index in [4.69, 9.17) is 0 Å². The molecule has 0 radical (unpaired) electrons. The fourth-order valence-corrected chi connectivity index (χ4v) is 0.718. The molecule has 1 unspecified atom stereocenters. The number of rotatable bonds is 1. The first-order valence-corrected chi connectivity index (χ1v) is 2.89. The summed E-state index contributed by atoms with van der Waals surface area (Å²) in [4.78, 5) is 10.4. The van der Waals surface area contributed by atoms with E-state index in [-0.39, 0.29) is 18.5 Å². The van der Waals surface area contributed by atoms with Crippen LogP contribution in [0.15, 0.2) is 0 Å². The molecule has 1 aliphatic rings. The van der Waals surface area contributed by atoms with Crippen molar-refractivity contribution in [3.8, 4) is 0 Å². The number of halogens is 1. The van der Waals surface area contributed by atoms with E-state index in [1.54, 1.807) is 0 Å². The standard InChI is InChI=1S/C5H9FN2O/c6-1-4-2-8-5(9)3-7-4/h4,7H,1-3H2,(H,8,9). The Kier molecular flexibility index (Phi) is 2.00. The Balaban J connectivity index is 2.26. The van der Waals surface area contributed by atoms with Crippen molar-refractivity contribution < 1.29 is 9.18 Å².